The molecular formula is C22H43N3O2. The fraction of sp³-hybridized carbons (Fsp3) is 0.636. The van der Waals surface area contributed by atoms with Gasteiger partial charge in [0, 0.05) is 6.04 Å². The van der Waals surface area contributed by atoms with Crippen molar-refractivity contribution in [3.63, 3.8) is 0 Å². The van der Waals surface area contributed by atoms with Gasteiger partial charge in [-0.3, -0.25) is 9.59 Å². The second-order valence-electron chi connectivity index (χ2n) is 5.61. The van der Waals surface area contributed by atoms with Crippen molar-refractivity contribution < 1.29 is 9.59 Å². The first-order chi connectivity index (χ1) is 13.0. The first-order valence-corrected chi connectivity index (χ1v) is 10.2. The van der Waals surface area contributed by atoms with Gasteiger partial charge in [-0.15, -0.1) is 0 Å². The Hall–Kier alpha value is -1.72. The number of unbranched alkanes of at least 4 members (excludes halogenated alkanes) is 1. The van der Waals surface area contributed by atoms with Crippen LogP contribution in [-0.4, -0.2) is 37.9 Å². The van der Waals surface area contributed by atoms with Gasteiger partial charge in [0.05, 0.1) is 6.04 Å². The number of hydrogen-bond donors (Lipinski definition) is 3. The van der Waals surface area contributed by atoms with Gasteiger partial charge in [-0.1, -0.05) is 58.0 Å². The summed E-state index contributed by atoms with van der Waals surface area (Å²) in [6.45, 7) is 12.3. The molecule has 0 aromatic heterocycles. The second-order valence-corrected chi connectivity index (χ2v) is 5.61. The number of rotatable bonds is 10. The predicted molar refractivity (Wildman–Crippen MR) is 118 cm³/mol. The SMILES string of the molecule is CC.CC.CC(=O)C(CCCCN)NC=O.CNC(C)Cc1ccccc1. The summed E-state index contributed by atoms with van der Waals surface area (Å²) in [6.07, 6.45) is 4.13. The van der Waals surface area contributed by atoms with Crippen LogP contribution in [-0.2, 0) is 16.0 Å². The minimum Gasteiger partial charge on any atom is -0.349 e. The van der Waals surface area contributed by atoms with Gasteiger partial charge in [0.2, 0.25) is 6.41 Å². The summed E-state index contributed by atoms with van der Waals surface area (Å²) in [5.41, 5.74) is 6.69. The van der Waals surface area contributed by atoms with Gasteiger partial charge in [-0.05, 0) is 58.7 Å². The summed E-state index contributed by atoms with van der Waals surface area (Å²) in [7, 11) is 1.99. The first-order valence-electron chi connectivity index (χ1n) is 10.2. The van der Waals surface area contributed by atoms with E-state index in [2.05, 4.69) is 41.8 Å². The smallest absolute Gasteiger partial charge is 0.207 e. The predicted octanol–water partition coefficient (Wildman–Crippen LogP) is 3.71. The maximum absolute atomic E-state index is 10.9. The number of carbonyl (C=O) groups is 2. The van der Waals surface area contributed by atoms with Crippen molar-refractivity contribution in [3.8, 4) is 0 Å². The molecule has 1 amide bonds. The zero-order valence-electron chi connectivity index (χ0n) is 18.5. The number of amides is 1. The van der Waals surface area contributed by atoms with Crippen molar-refractivity contribution in [1.29, 1.82) is 0 Å². The molecule has 0 spiro atoms. The number of carbonyl (C=O) groups excluding carboxylic acids is 2. The van der Waals surface area contributed by atoms with E-state index < -0.39 is 0 Å². The van der Waals surface area contributed by atoms with Gasteiger partial charge in [0.25, 0.3) is 0 Å². The molecule has 2 atom stereocenters. The number of nitrogens with two attached hydrogens (primary N) is 1. The molecule has 0 radical (unpaired) electrons. The van der Waals surface area contributed by atoms with E-state index in [-0.39, 0.29) is 11.8 Å². The number of ketones is 1. The fourth-order valence-electron chi connectivity index (χ4n) is 2.05. The molecule has 0 fully saturated rings. The third kappa shape index (κ3) is 20.4. The quantitative estimate of drug-likeness (QED) is 0.426. The topological polar surface area (TPSA) is 84.2 Å². The van der Waals surface area contributed by atoms with Crippen LogP contribution in [0.4, 0.5) is 0 Å². The Balaban J connectivity index is -0.000000360. The van der Waals surface area contributed by atoms with Crippen molar-refractivity contribution >= 4 is 12.2 Å². The van der Waals surface area contributed by atoms with Gasteiger partial charge in [0.15, 0.2) is 5.78 Å². The van der Waals surface area contributed by atoms with Gasteiger partial charge in [-0.2, -0.15) is 0 Å². The highest BCUT2D eigenvalue weighted by atomic mass is 16.1. The molecule has 5 heteroatoms. The van der Waals surface area contributed by atoms with E-state index in [4.69, 9.17) is 5.73 Å². The third-order valence-corrected chi connectivity index (χ3v) is 3.58. The number of benzene rings is 1. The lowest BCUT2D eigenvalue weighted by Gasteiger charge is -2.11. The van der Waals surface area contributed by atoms with Crippen LogP contribution < -0.4 is 16.4 Å². The summed E-state index contributed by atoms with van der Waals surface area (Å²) >= 11 is 0. The highest BCUT2D eigenvalue weighted by Crippen LogP contribution is 2.02. The molecule has 0 aliphatic heterocycles. The van der Waals surface area contributed by atoms with Gasteiger partial charge in [0.1, 0.15) is 0 Å². The minimum absolute atomic E-state index is 0.000813. The molecule has 1 aromatic carbocycles. The molecule has 158 valence electrons. The lowest BCUT2D eigenvalue weighted by molar-refractivity contribution is -0.122. The number of Topliss-reactive ketones (excluding diaryl/α,β-unsaturated/α-hetero) is 1. The second kappa shape index (κ2) is 24.3. The van der Waals surface area contributed by atoms with Crippen molar-refractivity contribution in [2.75, 3.05) is 13.6 Å². The zero-order valence-corrected chi connectivity index (χ0v) is 18.5. The van der Waals surface area contributed by atoms with Crippen LogP contribution in [0.5, 0.6) is 0 Å². The maximum atomic E-state index is 10.9. The molecule has 0 saturated carbocycles. The molecule has 5 nitrogen and oxygen atoms in total. The molecule has 1 rings (SSSR count). The van der Waals surface area contributed by atoms with E-state index in [1.54, 1.807) is 0 Å². The van der Waals surface area contributed by atoms with Crippen LogP contribution in [0, 0.1) is 0 Å². The Kier molecular flexibility index (Phi) is 27.0. The van der Waals surface area contributed by atoms with Crippen molar-refractivity contribution in [3.05, 3.63) is 35.9 Å². The van der Waals surface area contributed by atoms with E-state index in [1.165, 1.54) is 12.5 Å². The average molecular weight is 382 g/mol. The summed E-state index contributed by atoms with van der Waals surface area (Å²) in [4.78, 5) is 20.9. The lowest BCUT2D eigenvalue weighted by Crippen LogP contribution is -2.34. The van der Waals surface area contributed by atoms with E-state index in [9.17, 15) is 9.59 Å². The molecule has 1 aromatic rings. The molecule has 0 heterocycles. The number of nitrogens with one attached hydrogen (secondary N) is 2. The van der Waals surface area contributed by atoms with Crippen LogP contribution in [0.2, 0.25) is 0 Å². The monoisotopic (exact) mass is 381 g/mol. The Morgan fingerprint density at radius 3 is 2.07 bits per heavy atom. The van der Waals surface area contributed by atoms with E-state index in [0.29, 0.717) is 25.4 Å². The van der Waals surface area contributed by atoms with E-state index in [0.717, 1.165) is 19.3 Å². The normalized spacial score (nSPS) is 11.1. The van der Waals surface area contributed by atoms with Gasteiger partial charge in [-0.25, -0.2) is 0 Å². The Morgan fingerprint density at radius 2 is 1.67 bits per heavy atom. The highest BCUT2D eigenvalue weighted by molar-refractivity contribution is 5.83. The number of hydrogen-bond acceptors (Lipinski definition) is 4. The Bertz CT molecular complexity index is 425. The summed E-state index contributed by atoms with van der Waals surface area (Å²) in [5.74, 6) is -0.000813. The van der Waals surface area contributed by atoms with Crippen LogP contribution in [0.3, 0.4) is 0 Å². The molecule has 0 aliphatic rings. The lowest BCUT2D eigenvalue weighted by atomic mass is 10.1. The van der Waals surface area contributed by atoms with E-state index in [1.807, 2.05) is 40.8 Å². The standard InChI is InChI=1S/C10H15N.C8H16N2O2.2C2H6/c1-9(11-2)8-10-6-4-3-5-7-10;1-7(12)8(10-6-11)4-2-3-5-9;2*1-2/h3-7,9,11H,8H2,1-2H3;6,8H,2-5,9H2,1H3,(H,10,11);2*1-2H3. The van der Waals surface area contributed by atoms with Crippen LogP contribution in [0.25, 0.3) is 0 Å². The van der Waals surface area contributed by atoms with Crippen LogP contribution in [0.1, 0.15) is 66.4 Å². The minimum atomic E-state index is -0.325. The molecule has 2 unspecified atom stereocenters. The van der Waals surface area contributed by atoms with Gasteiger partial charge < -0.3 is 16.4 Å². The summed E-state index contributed by atoms with van der Waals surface area (Å²) in [6, 6.07) is 10.8. The van der Waals surface area contributed by atoms with Gasteiger partial charge >= 0.3 is 0 Å². The third-order valence-electron chi connectivity index (χ3n) is 3.58. The molecule has 0 saturated heterocycles. The molecule has 4 N–H and O–H groups in total. The number of likely N-dealkylation sites (N-methyl/N-ethyl adjacent to an activating group) is 1. The Morgan fingerprint density at radius 1 is 1.11 bits per heavy atom. The zero-order chi connectivity index (χ0) is 21.5. The van der Waals surface area contributed by atoms with Crippen LogP contribution >= 0.6 is 0 Å². The highest BCUT2D eigenvalue weighted by Gasteiger charge is 2.11. The van der Waals surface area contributed by atoms with Crippen LogP contribution in [0.15, 0.2) is 30.3 Å². The molecule has 0 aliphatic carbocycles. The molecular weight excluding hydrogens is 338 g/mol. The molecule has 27 heavy (non-hydrogen) atoms. The summed E-state index contributed by atoms with van der Waals surface area (Å²) < 4.78 is 0. The summed E-state index contributed by atoms with van der Waals surface area (Å²) in [5, 5.41) is 5.68. The van der Waals surface area contributed by atoms with Crippen molar-refractivity contribution in [2.24, 2.45) is 5.73 Å². The largest absolute Gasteiger partial charge is 0.349 e. The fourth-order valence-corrected chi connectivity index (χ4v) is 2.05. The maximum Gasteiger partial charge on any atom is 0.207 e. The average Bonchev–Trinajstić information content (AvgIpc) is 2.71. The van der Waals surface area contributed by atoms with E-state index >= 15 is 0 Å². The first kappa shape index (κ1) is 30.0. The van der Waals surface area contributed by atoms with Crippen molar-refractivity contribution in [1.82, 2.24) is 10.6 Å². The van der Waals surface area contributed by atoms with Crippen molar-refractivity contribution in [2.45, 2.75) is 79.3 Å². The molecule has 0 bridgehead atoms. The Labute approximate surface area is 167 Å².